The molecule has 1 atom stereocenters. The van der Waals surface area contributed by atoms with E-state index in [1.807, 2.05) is 11.8 Å². The van der Waals surface area contributed by atoms with E-state index in [2.05, 4.69) is 42.6 Å². The van der Waals surface area contributed by atoms with Crippen LogP contribution in [0.2, 0.25) is 0 Å². The molecular formula is C18H26N2S. The minimum atomic E-state index is 0.544. The number of benzene rings is 1. The summed E-state index contributed by atoms with van der Waals surface area (Å²) in [6.07, 6.45) is 6.64. The van der Waals surface area contributed by atoms with Crippen molar-refractivity contribution < 1.29 is 0 Å². The molecule has 3 rings (SSSR count). The lowest BCUT2D eigenvalue weighted by atomic mass is 9.83. The maximum atomic E-state index is 4.83. The van der Waals surface area contributed by atoms with Crippen LogP contribution in [0.4, 0.5) is 0 Å². The summed E-state index contributed by atoms with van der Waals surface area (Å²) < 4.78 is 0. The molecule has 1 heterocycles. The highest BCUT2D eigenvalue weighted by Gasteiger charge is 2.22. The van der Waals surface area contributed by atoms with Gasteiger partial charge in [-0.2, -0.15) is 0 Å². The third-order valence-corrected chi connectivity index (χ3v) is 5.79. The average Bonchev–Trinajstić information content (AvgIpc) is 2.95. The Kier molecular flexibility index (Phi) is 5.23. The van der Waals surface area contributed by atoms with Gasteiger partial charge in [-0.15, -0.1) is 0 Å². The van der Waals surface area contributed by atoms with Crippen LogP contribution in [-0.4, -0.2) is 23.5 Å². The van der Waals surface area contributed by atoms with Crippen LogP contribution in [0.5, 0.6) is 0 Å². The Bertz CT molecular complexity index is 463. The van der Waals surface area contributed by atoms with Crippen molar-refractivity contribution >= 4 is 16.9 Å². The third-order valence-electron chi connectivity index (χ3n) is 4.70. The monoisotopic (exact) mass is 302 g/mol. The number of thioether (sulfide) groups is 1. The van der Waals surface area contributed by atoms with Crippen LogP contribution in [0.1, 0.15) is 38.2 Å². The molecule has 1 aromatic rings. The summed E-state index contributed by atoms with van der Waals surface area (Å²) in [4.78, 5) is 4.83. The fourth-order valence-corrected chi connectivity index (χ4v) is 4.24. The van der Waals surface area contributed by atoms with Gasteiger partial charge in [-0.1, -0.05) is 61.9 Å². The highest BCUT2D eigenvalue weighted by atomic mass is 32.2. The minimum Gasteiger partial charge on any atom is -0.361 e. The molecule has 2 aliphatic rings. The average molecular weight is 302 g/mol. The predicted molar refractivity (Wildman–Crippen MR) is 93.0 cm³/mol. The van der Waals surface area contributed by atoms with Crippen molar-refractivity contribution in [3.8, 4) is 0 Å². The Hall–Kier alpha value is -0.960. The summed E-state index contributed by atoms with van der Waals surface area (Å²) in [5, 5.41) is 4.78. The molecule has 1 aromatic carbocycles. The normalized spacial score (nSPS) is 31.3. The van der Waals surface area contributed by atoms with Gasteiger partial charge < -0.3 is 5.32 Å². The van der Waals surface area contributed by atoms with Crippen LogP contribution in [0.3, 0.4) is 0 Å². The van der Waals surface area contributed by atoms with E-state index in [1.54, 1.807) is 0 Å². The van der Waals surface area contributed by atoms with Crippen molar-refractivity contribution in [2.24, 2.45) is 16.8 Å². The summed E-state index contributed by atoms with van der Waals surface area (Å²) in [7, 11) is 0. The fraction of sp³-hybridized carbons (Fsp3) is 0.611. The second kappa shape index (κ2) is 7.35. The second-order valence-corrected chi connectivity index (χ2v) is 7.62. The van der Waals surface area contributed by atoms with Gasteiger partial charge in [0.25, 0.3) is 0 Å². The van der Waals surface area contributed by atoms with Gasteiger partial charge in [0, 0.05) is 18.3 Å². The number of aliphatic imine (C=N–C) groups is 1. The number of amidine groups is 1. The maximum absolute atomic E-state index is 4.83. The largest absolute Gasteiger partial charge is 0.361 e. The summed E-state index contributed by atoms with van der Waals surface area (Å²) in [5.74, 6) is 2.91. The molecule has 2 fully saturated rings. The van der Waals surface area contributed by atoms with Crippen molar-refractivity contribution in [3.05, 3.63) is 35.9 Å². The number of nitrogens with one attached hydrogen (secondary N) is 1. The van der Waals surface area contributed by atoms with E-state index in [4.69, 9.17) is 4.99 Å². The Morgan fingerprint density at radius 1 is 1.14 bits per heavy atom. The molecule has 0 aromatic heterocycles. The van der Waals surface area contributed by atoms with Crippen LogP contribution in [-0.2, 0) is 6.42 Å². The zero-order chi connectivity index (χ0) is 14.5. The molecule has 0 spiro atoms. The summed E-state index contributed by atoms with van der Waals surface area (Å²) in [6, 6.07) is 11.3. The standard InChI is InChI=1S/C18H26N2S/c1-14-7-9-16(10-8-14)12-19-18-20-17(13-21-18)11-15-5-3-2-4-6-15/h2-6,14,16-17H,7-13H2,1H3,(H,19,20). The molecule has 2 nitrogen and oxygen atoms in total. The lowest BCUT2D eigenvalue weighted by Crippen LogP contribution is -2.29. The fourth-order valence-electron chi connectivity index (χ4n) is 3.26. The van der Waals surface area contributed by atoms with E-state index in [0.29, 0.717) is 6.04 Å². The molecule has 3 heteroatoms. The predicted octanol–water partition coefficient (Wildman–Crippen LogP) is 4.12. The molecule has 0 amide bonds. The van der Waals surface area contributed by atoms with Crippen LogP contribution >= 0.6 is 11.8 Å². The lowest BCUT2D eigenvalue weighted by Gasteiger charge is -2.24. The summed E-state index contributed by atoms with van der Waals surface area (Å²) in [5.41, 5.74) is 1.41. The molecule has 1 saturated carbocycles. The zero-order valence-electron chi connectivity index (χ0n) is 12.9. The number of nitrogens with zero attached hydrogens (tertiary/aromatic N) is 1. The Labute approximate surface area is 132 Å². The molecule has 0 bridgehead atoms. The van der Waals surface area contributed by atoms with Gasteiger partial charge in [0.05, 0.1) is 0 Å². The van der Waals surface area contributed by atoms with Gasteiger partial charge >= 0.3 is 0 Å². The quantitative estimate of drug-likeness (QED) is 0.905. The van der Waals surface area contributed by atoms with Crippen molar-refractivity contribution in [2.45, 2.75) is 45.1 Å². The first-order valence-electron chi connectivity index (χ1n) is 8.27. The molecule has 114 valence electrons. The van der Waals surface area contributed by atoms with E-state index < -0.39 is 0 Å². The number of hydrogen-bond donors (Lipinski definition) is 1. The lowest BCUT2D eigenvalue weighted by molar-refractivity contribution is 0.296. The molecule has 1 aliphatic heterocycles. The van der Waals surface area contributed by atoms with Crippen LogP contribution in [0, 0.1) is 11.8 Å². The van der Waals surface area contributed by atoms with E-state index in [-0.39, 0.29) is 0 Å². The van der Waals surface area contributed by atoms with E-state index >= 15 is 0 Å². The molecular weight excluding hydrogens is 276 g/mol. The molecule has 21 heavy (non-hydrogen) atoms. The van der Waals surface area contributed by atoms with Gasteiger partial charge in [-0.3, -0.25) is 4.99 Å². The van der Waals surface area contributed by atoms with E-state index in [0.717, 1.165) is 30.6 Å². The molecule has 1 saturated heterocycles. The van der Waals surface area contributed by atoms with Gasteiger partial charge in [-0.25, -0.2) is 0 Å². The van der Waals surface area contributed by atoms with E-state index in [9.17, 15) is 0 Å². The van der Waals surface area contributed by atoms with Gasteiger partial charge in [0.15, 0.2) is 5.17 Å². The Balaban J connectivity index is 1.44. The second-order valence-electron chi connectivity index (χ2n) is 6.61. The molecule has 1 aliphatic carbocycles. The van der Waals surface area contributed by atoms with E-state index in [1.165, 1.54) is 36.4 Å². The SMILES string of the molecule is CC1CCC(CN=C2NC(Cc3ccccc3)CS2)CC1. The maximum Gasteiger partial charge on any atom is 0.156 e. The van der Waals surface area contributed by atoms with Crippen molar-refractivity contribution in [1.82, 2.24) is 5.32 Å². The highest BCUT2D eigenvalue weighted by Crippen LogP contribution is 2.28. The van der Waals surface area contributed by atoms with Gasteiger partial charge in [0.2, 0.25) is 0 Å². The summed E-state index contributed by atoms with van der Waals surface area (Å²) >= 11 is 1.90. The number of hydrogen-bond acceptors (Lipinski definition) is 2. The number of rotatable bonds is 4. The molecule has 1 N–H and O–H groups in total. The minimum absolute atomic E-state index is 0.544. The van der Waals surface area contributed by atoms with Crippen molar-refractivity contribution in [2.75, 3.05) is 12.3 Å². The van der Waals surface area contributed by atoms with Crippen LogP contribution < -0.4 is 5.32 Å². The van der Waals surface area contributed by atoms with Gasteiger partial charge in [-0.05, 0) is 36.7 Å². The topological polar surface area (TPSA) is 24.4 Å². The van der Waals surface area contributed by atoms with Crippen LogP contribution in [0.25, 0.3) is 0 Å². The van der Waals surface area contributed by atoms with Crippen molar-refractivity contribution in [3.63, 3.8) is 0 Å². The molecule has 0 radical (unpaired) electrons. The smallest absolute Gasteiger partial charge is 0.156 e. The zero-order valence-corrected chi connectivity index (χ0v) is 13.7. The molecule has 1 unspecified atom stereocenters. The van der Waals surface area contributed by atoms with Crippen LogP contribution in [0.15, 0.2) is 35.3 Å². The first-order valence-corrected chi connectivity index (χ1v) is 9.26. The highest BCUT2D eigenvalue weighted by molar-refractivity contribution is 8.14. The Morgan fingerprint density at radius 3 is 2.67 bits per heavy atom. The van der Waals surface area contributed by atoms with Gasteiger partial charge in [0.1, 0.15) is 0 Å². The summed E-state index contributed by atoms with van der Waals surface area (Å²) in [6.45, 7) is 3.41. The third kappa shape index (κ3) is 4.50. The Morgan fingerprint density at radius 2 is 1.90 bits per heavy atom. The first kappa shape index (κ1) is 15.0. The van der Waals surface area contributed by atoms with Crippen molar-refractivity contribution in [1.29, 1.82) is 0 Å². The first-order chi connectivity index (χ1) is 10.3.